The van der Waals surface area contributed by atoms with Gasteiger partial charge < -0.3 is 10.2 Å². The van der Waals surface area contributed by atoms with E-state index in [9.17, 15) is 4.79 Å². The highest BCUT2D eigenvalue weighted by atomic mass is 35.5. The highest BCUT2D eigenvalue weighted by Crippen LogP contribution is 2.25. The van der Waals surface area contributed by atoms with Crippen LogP contribution in [0.5, 0.6) is 0 Å². The first-order valence-corrected chi connectivity index (χ1v) is 8.39. The largest absolute Gasteiger partial charge is 0.368 e. The Hall–Kier alpha value is -1.63. The molecule has 3 rings (SSSR count). The Morgan fingerprint density at radius 2 is 2.05 bits per heavy atom. The number of halogens is 1. The van der Waals surface area contributed by atoms with Gasteiger partial charge in [0.05, 0.1) is 17.3 Å². The number of benzene rings is 1. The van der Waals surface area contributed by atoms with Crippen LogP contribution in [0.1, 0.15) is 0 Å². The number of nitrogens with one attached hydrogen (secondary N) is 1. The molecule has 0 atom stereocenters. The minimum atomic E-state index is -0.0128. The molecule has 5 nitrogen and oxygen atoms in total. The molecule has 2 aromatic rings. The lowest BCUT2D eigenvalue weighted by Gasteiger charge is -2.36. The number of hydrogen-bond donors (Lipinski definition) is 1. The van der Waals surface area contributed by atoms with E-state index in [1.807, 2.05) is 29.6 Å². The lowest BCUT2D eigenvalue weighted by molar-refractivity contribution is -0.117. The van der Waals surface area contributed by atoms with Crippen LogP contribution < -0.4 is 10.2 Å². The number of piperazine rings is 1. The number of para-hydroxylation sites is 1. The molecule has 1 aliphatic rings. The first kappa shape index (κ1) is 15.3. The van der Waals surface area contributed by atoms with Gasteiger partial charge >= 0.3 is 0 Å². The highest BCUT2D eigenvalue weighted by Gasteiger charge is 2.20. The standard InChI is InChI=1S/C15H17ClN4OS/c16-12-3-1-2-4-13(12)20-8-6-19(7-9-20)11-14(21)18-15-17-5-10-22-15/h1-5,10H,6-9,11H2,(H,17,18,21). The SMILES string of the molecule is O=C(CN1CCN(c2ccccc2Cl)CC1)Nc1nccs1. The van der Waals surface area contributed by atoms with E-state index in [2.05, 4.69) is 20.1 Å². The summed E-state index contributed by atoms with van der Waals surface area (Å²) in [6, 6.07) is 7.87. The van der Waals surface area contributed by atoms with E-state index in [1.165, 1.54) is 11.3 Å². The Labute approximate surface area is 138 Å². The number of carbonyl (C=O) groups excluding carboxylic acids is 1. The molecule has 1 fully saturated rings. The van der Waals surface area contributed by atoms with E-state index < -0.39 is 0 Å². The summed E-state index contributed by atoms with van der Waals surface area (Å²) in [7, 11) is 0. The first-order chi connectivity index (χ1) is 10.7. The van der Waals surface area contributed by atoms with E-state index >= 15 is 0 Å². The van der Waals surface area contributed by atoms with Gasteiger partial charge in [0.15, 0.2) is 5.13 Å². The average molecular weight is 337 g/mol. The van der Waals surface area contributed by atoms with Crippen LogP contribution in [0.25, 0.3) is 0 Å². The average Bonchev–Trinajstić information content (AvgIpc) is 3.01. The van der Waals surface area contributed by atoms with Crippen molar-refractivity contribution in [1.82, 2.24) is 9.88 Å². The van der Waals surface area contributed by atoms with Gasteiger partial charge in [0.2, 0.25) is 5.91 Å². The van der Waals surface area contributed by atoms with Crippen molar-refractivity contribution in [3.05, 3.63) is 40.9 Å². The number of carbonyl (C=O) groups is 1. The van der Waals surface area contributed by atoms with Gasteiger partial charge in [-0.15, -0.1) is 11.3 Å². The van der Waals surface area contributed by atoms with Crippen molar-refractivity contribution < 1.29 is 4.79 Å². The predicted octanol–water partition coefficient (Wildman–Crippen LogP) is 2.56. The molecule has 7 heteroatoms. The van der Waals surface area contributed by atoms with Crippen LogP contribution in [0.2, 0.25) is 5.02 Å². The molecule has 0 bridgehead atoms. The van der Waals surface area contributed by atoms with E-state index in [0.717, 1.165) is 36.9 Å². The van der Waals surface area contributed by atoms with Crippen LogP contribution in [0.3, 0.4) is 0 Å². The summed E-state index contributed by atoms with van der Waals surface area (Å²) in [4.78, 5) is 20.4. The Balaban J connectivity index is 1.49. The first-order valence-electron chi connectivity index (χ1n) is 7.13. The van der Waals surface area contributed by atoms with Crippen LogP contribution >= 0.6 is 22.9 Å². The van der Waals surface area contributed by atoms with Gasteiger partial charge in [-0.25, -0.2) is 4.98 Å². The molecule has 0 aliphatic carbocycles. The smallest absolute Gasteiger partial charge is 0.240 e. The molecule has 1 saturated heterocycles. The monoisotopic (exact) mass is 336 g/mol. The third kappa shape index (κ3) is 3.76. The maximum Gasteiger partial charge on any atom is 0.240 e. The summed E-state index contributed by atoms with van der Waals surface area (Å²) >= 11 is 7.66. The van der Waals surface area contributed by atoms with Crippen molar-refractivity contribution in [1.29, 1.82) is 0 Å². The number of nitrogens with zero attached hydrogens (tertiary/aromatic N) is 3. The summed E-state index contributed by atoms with van der Waals surface area (Å²) in [6.07, 6.45) is 1.68. The molecule has 0 saturated carbocycles. The molecule has 0 radical (unpaired) electrons. The summed E-state index contributed by atoms with van der Waals surface area (Å²) in [6.45, 7) is 3.82. The fraction of sp³-hybridized carbons (Fsp3) is 0.333. The molecule has 2 heterocycles. The van der Waals surface area contributed by atoms with Gasteiger partial charge in [0, 0.05) is 37.8 Å². The predicted molar refractivity (Wildman–Crippen MR) is 90.8 cm³/mol. The summed E-state index contributed by atoms with van der Waals surface area (Å²) in [5.41, 5.74) is 1.07. The third-order valence-electron chi connectivity index (χ3n) is 3.61. The molecular formula is C15H17ClN4OS. The molecule has 1 amide bonds. The Kier molecular flexibility index (Phi) is 4.92. The molecule has 0 unspecified atom stereocenters. The van der Waals surface area contributed by atoms with Crippen molar-refractivity contribution in [2.45, 2.75) is 0 Å². The fourth-order valence-corrected chi connectivity index (χ4v) is 3.30. The quantitative estimate of drug-likeness (QED) is 0.932. The topological polar surface area (TPSA) is 48.5 Å². The minimum absolute atomic E-state index is 0.0128. The zero-order valence-corrected chi connectivity index (χ0v) is 13.6. The number of aromatic nitrogens is 1. The molecule has 1 N–H and O–H groups in total. The lowest BCUT2D eigenvalue weighted by atomic mass is 10.2. The second-order valence-corrected chi connectivity index (χ2v) is 6.40. The van der Waals surface area contributed by atoms with Crippen LogP contribution in [-0.4, -0.2) is 48.5 Å². The van der Waals surface area contributed by atoms with Crippen molar-refractivity contribution in [2.75, 3.05) is 42.9 Å². The summed E-state index contributed by atoms with van der Waals surface area (Å²) in [5, 5.41) is 6.09. The van der Waals surface area contributed by atoms with Crippen LogP contribution in [-0.2, 0) is 4.79 Å². The van der Waals surface area contributed by atoms with Gasteiger partial charge in [-0.1, -0.05) is 23.7 Å². The second kappa shape index (κ2) is 7.09. The zero-order chi connectivity index (χ0) is 15.4. The van der Waals surface area contributed by atoms with E-state index in [4.69, 9.17) is 11.6 Å². The van der Waals surface area contributed by atoms with Crippen LogP contribution in [0, 0.1) is 0 Å². The number of anilines is 2. The number of rotatable bonds is 4. The van der Waals surface area contributed by atoms with Gasteiger partial charge in [0.1, 0.15) is 0 Å². The molecule has 0 spiro atoms. The molecule has 1 aliphatic heterocycles. The number of amides is 1. The molecule has 1 aromatic heterocycles. The van der Waals surface area contributed by atoms with E-state index in [1.54, 1.807) is 6.20 Å². The second-order valence-electron chi connectivity index (χ2n) is 5.10. The van der Waals surface area contributed by atoms with Crippen molar-refractivity contribution in [3.8, 4) is 0 Å². The summed E-state index contributed by atoms with van der Waals surface area (Å²) in [5.74, 6) is -0.0128. The number of thiazole rings is 1. The van der Waals surface area contributed by atoms with E-state index in [-0.39, 0.29) is 5.91 Å². The van der Waals surface area contributed by atoms with Crippen molar-refractivity contribution in [2.24, 2.45) is 0 Å². The fourth-order valence-electron chi connectivity index (χ4n) is 2.50. The maximum absolute atomic E-state index is 12.0. The highest BCUT2D eigenvalue weighted by molar-refractivity contribution is 7.13. The van der Waals surface area contributed by atoms with Crippen molar-refractivity contribution >= 4 is 39.7 Å². The van der Waals surface area contributed by atoms with Crippen LogP contribution in [0.4, 0.5) is 10.8 Å². The van der Waals surface area contributed by atoms with Gasteiger partial charge in [-0.05, 0) is 12.1 Å². The Morgan fingerprint density at radius 1 is 1.27 bits per heavy atom. The third-order valence-corrected chi connectivity index (χ3v) is 4.62. The molecular weight excluding hydrogens is 320 g/mol. The zero-order valence-electron chi connectivity index (χ0n) is 12.0. The molecule has 1 aromatic carbocycles. The maximum atomic E-state index is 12.0. The van der Waals surface area contributed by atoms with E-state index in [0.29, 0.717) is 11.7 Å². The lowest BCUT2D eigenvalue weighted by Crippen LogP contribution is -2.48. The molecule has 116 valence electrons. The van der Waals surface area contributed by atoms with Crippen LogP contribution in [0.15, 0.2) is 35.8 Å². The molecule has 22 heavy (non-hydrogen) atoms. The van der Waals surface area contributed by atoms with Crippen molar-refractivity contribution in [3.63, 3.8) is 0 Å². The van der Waals surface area contributed by atoms with Gasteiger partial charge in [-0.3, -0.25) is 9.69 Å². The Bertz CT molecular complexity index is 626. The van der Waals surface area contributed by atoms with Gasteiger partial charge in [-0.2, -0.15) is 0 Å². The normalized spacial score (nSPS) is 15.8. The Morgan fingerprint density at radius 3 is 2.73 bits per heavy atom. The minimum Gasteiger partial charge on any atom is -0.368 e. The number of hydrogen-bond acceptors (Lipinski definition) is 5. The van der Waals surface area contributed by atoms with Gasteiger partial charge in [0.25, 0.3) is 0 Å². The summed E-state index contributed by atoms with van der Waals surface area (Å²) < 4.78 is 0.